The summed E-state index contributed by atoms with van der Waals surface area (Å²) >= 11 is 0. The summed E-state index contributed by atoms with van der Waals surface area (Å²) in [6.07, 6.45) is 2.72. The second-order valence-electron chi connectivity index (χ2n) is 7.61. The number of nitrogens with one attached hydrogen (secondary N) is 1. The number of ether oxygens (including phenoxy) is 1. The number of nitrogens with zero attached hydrogens (tertiary/aromatic N) is 1. The summed E-state index contributed by atoms with van der Waals surface area (Å²) in [6, 6.07) is 20.2. The molecule has 146 valence electrons. The average molecular weight is 378 g/mol. The van der Waals surface area contributed by atoms with Crippen LogP contribution >= 0.6 is 0 Å². The lowest BCUT2D eigenvalue weighted by Gasteiger charge is -2.50. The van der Waals surface area contributed by atoms with E-state index in [-0.39, 0.29) is 24.5 Å². The molecule has 5 nitrogen and oxygen atoms in total. The topological polar surface area (TPSA) is 58.6 Å². The third-order valence-electron chi connectivity index (χ3n) is 5.83. The fraction of sp³-hybridized carbons (Fsp3) is 0.391. The van der Waals surface area contributed by atoms with E-state index in [0.29, 0.717) is 25.9 Å². The summed E-state index contributed by atoms with van der Waals surface area (Å²) < 4.78 is 5.90. The summed E-state index contributed by atoms with van der Waals surface area (Å²) in [5, 5.41) is 3.17. The molecule has 2 aliphatic heterocycles. The zero-order valence-electron chi connectivity index (χ0n) is 16.0. The van der Waals surface area contributed by atoms with E-state index < -0.39 is 5.54 Å². The Bertz CT molecular complexity index is 824. The van der Waals surface area contributed by atoms with Crippen molar-refractivity contribution < 1.29 is 14.3 Å². The lowest BCUT2D eigenvalue weighted by Crippen LogP contribution is -2.67. The number of hydrogen-bond acceptors (Lipinski definition) is 3. The highest BCUT2D eigenvalue weighted by Crippen LogP contribution is 2.37. The fourth-order valence-electron chi connectivity index (χ4n) is 4.33. The minimum absolute atomic E-state index is 0.0509. The van der Waals surface area contributed by atoms with Crippen LogP contribution in [0.5, 0.6) is 0 Å². The van der Waals surface area contributed by atoms with E-state index in [1.54, 1.807) is 0 Å². The predicted octanol–water partition coefficient (Wildman–Crippen LogP) is 2.65. The number of benzene rings is 2. The van der Waals surface area contributed by atoms with E-state index in [1.807, 2.05) is 53.4 Å². The minimum Gasteiger partial charge on any atom is -0.364 e. The maximum atomic E-state index is 12.8. The normalized spacial score (nSPS) is 24.4. The smallest absolute Gasteiger partial charge is 0.246 e. The number of rotatable bonds is 5. The van der Waals surface area contributed by atoms with Gasteiger partial charge in [0, 0.05) is 19.5 Å². The fourth-order valence-corrected chi connectivity index (χ4v) is 4.33. The van der Waals surface area contributed by atoms with E-state index in [0.717, 1.165) is 18.4 Å². The molecule has 1 N–H and O–H groups in total. The number of piperidine rings is 1. The standard InChI is InChI=1S/C23H26N2O3/c26-21-17-28-20-16-25(22(27)13-7-10-18-8-3-1-4-9-18)15-14-23(20,24-21)19-11-5-2-6-12-19/h1-6,8-9,11-12,20H,7,10,13-17H2,(H,24,26)/t20-,23+/m1/s1. The van der Waals surface area contributed by atoms with Crippen molar-refractivity contribution in [3.05, 3.63) is 71.8 Å². The lowest BCUT2D eigenvalue weighted by atomic mass is 9.77. The molecule has 2 aromatic rings. The van der Waals surface area contributed by atoms with Crippen molar-refractivity contribution in [2.45, 2.75) is 37.3 Å². The highest BCUT2D eigenvalue weighted by Gasteiger charge is 2.49. The molecular weight excluding hydrogens is 352 g/mol. The van der Waals surface area contributed by atoms with Gasteiger partial charge in [0.15, 0.2) is 0 Å². The Morgan fingerprint density at radius 1 is 1.11 bits per heavy atom. The van der Waals surface area contributed by atoms with Crippen molar-refractivity contribution in [1.82, 2.24) is 10.2 Å². The molecular formula is C23H26N2O3. The number of carbonyl (C=O) groups excluding carboxylic acids is 2. The van der Waals surface area contributed by atoms with Crippen molar-refractivity contribution in [3.8, 4) is 0 Å². The predicted molar refractivity (Wildman–Crippen MR) is 107 cm³/mol. The van der Waals surface area contributed by atoms with Gasteiger partial charge >= 0.3 is 0 Å². The van der Waals surface area contributed by atoms with Crippen LogP contribution in [0.3, 0.4) is 0 Å². The molecule has 28 heavy (non-hydrogen) atoms. The van der Waals surface area contributed by atoms with Crippen LogP contribution in [-0.4, -0.2) is 42.5 Å². The zero-order valence-corrected chi connectivity index (χ0v) is 16.0. The Kier molecular flexibility index (Phi) is 5.44. The third kappa shape index (κ3) is 3.80. The van der Waals surface area contributed by atoms with Gasteiger partial charge < -0.3 is 15.0 Å². The molecule has 2 heterocycles. The molecule has 0 unspecified atom stereocenters. The number of likely N-dealkylation sites (tertiary alicyclic amines) is 1. The molecule has 0 aliphatic carbocycles. The van der Waals surface area contributed by atoms with Crippen LogP contribution < -0.4 is 5.32 Å². The van der Waals surface area contributed by atoms with Crippen molar-refractivity contribution in [2.24, 2.45) is 0 Å². The van der Waals surface area contributed by atoms with E-state index in [4.69, 9.17) is 4.74 Å². The largest absolute Gasteiger partial charge is 0.364 e. The average Bonchev–Trinajstić information content (AvgIpc) is 2.74. The van der Waals surface area contributed by atoms with E-state index in [9.17, 15) is 9.59 Å². The van der Waals surface area contributed by atoms with Crippen molar-refractivity contribution in [2.75, 3.05) is 19.7 Å². The maximum absolute atomic E-state index is 12.8. The molecule has 2 saturated heterocycles. The van der Waals surface area contributed by atoms with Gasteiger partial charge in [0.2, 0.25) is 11.8 Å². The van der Waals surface area contributed by atoms with E-state index in [1.165, 1.54) is 5.56 Å². The SMILES string of the molecule is O=C1CO[C@@H]2CN(C(=O)CCCc3ccccc3)CC[C@@]2(c2ccccc2)N1. The highest BCUT2D eigenvalue weighted by atomic mass is 16.5. The second-order valence-corrected chi connectivity index (χ2v) is 7.61. The molecule has 0 aromatic heterocycles. The van der Waals surface area contributed by atoms with Crippen molar-refractivity contribution in [3.63, 3.8) is 0 Å². The van der Waals surface area contributed by atoms with Crippen LogP contribution in [0.2, 0.25) is 0 Å². The lowest BCUT2D eigenvalue weighted by molar-refractivity contribution is -0.157. The Balaban J connectivity index is 1.40. The summed E-state index contributed by atoms with van der Waals surface area (Å²) in [6.45, 7) is 1.19. The monoisotopic (exact) mass is 378 g/mol. The van der Waals surface area contributed by atoms with Crippen molar-refractivity contribution in [1.29, 1.82) is 0 Å². The first-order valence-corrected chi connectivity index (χ1v) is 9.97. The molecule has 2 amide bonds. The van der Waals surface area contributed by atoms with Gasteiger partial charge in [-0.2, -0.15) is 0 Å². The first kappa shape index (κ1) is 18.7. The molecule has 0 saturated carbocycles. The van der Waals surface area contributed by atoms with Crippen LogP contribution in [0, 0.1) is 0 Å². The zero-order chi connectivity index (χ0) is 19.4. The number of fused-ring (bicyclic) bond motifs is 1. The molecule has 2 aliphatic rings. The Hall–Kier alpha value is -2.66. The van der Waals surface area contributed by atoms with Gasteiger partial charge in [-0.1, -0.05) is 60.7 Å². The van der Waals surface area contributed by atoms with Crippen LogP contribution in [0.4, 0.5) is 0 Å². The number of carbonyl (C=O) groups is 2. The molecule has 0 spiro atoms. The van der Waals surface area contributed by atoms with E-state index in [2.05, 4.69) is 17.4 Å². The van der Waals surface area contributed by atoms with Gasteiger partial charge in [-0.25, -0.2) is 0 Å². The Morgan fingerprint density at radius 3 is 2.57 bits per heavy atom. The molecule has 0 bridgehead atoms. The minimum atomic E-state index is -0.544. The number of hydrogen-bond donors (Lipinski definition) is 1. The summed E-state index contributed by atoms with van der Waals surface area (Å²) in [5.41, 5.74) is 1.76. The van der Waals surface area contributed by atoms with E-state index >= 15 is 0 Å². The van der Waals surface area contributed by atoms with Crippen LogP contribution in [0.1, 0.15) is 30.4 Å². The molecule has 2 fully saturated rings. The first-order chi connectivity index (χ1) is 13.7. The summed E-state index contributed by atoms with van der Waals surface area (Å²) in [5.74, 6) is 0.0702. The van der Waals surface area contributed by atoms with Gasteiger partial charge in [0.25, 0.3) is 0 Å². The third-order valence-corrected chi connectivity index (χ3v) is 5.83. The molecule has 4 rings (SSSR count). The Morgan fingerprint density at radius 2 is 1.82 bits per heavy atom. The molecule has 0 radical (unpaired) electrons. The number of aryl methyl sites for hydroxylation is 1. The van der Waals surface area contributed by atoms with Gasteiger partial charge in [-0.3, -0.25) is 9.59 Å². The van der Waals surface area contributed by atoms with Gasteiger partial charge in [0.05, 0.1) is 5.54 Å². The molecule has 5 heteroatoms. The highest BCUT2D eigenvalue weighted by molar-refractivity contribution is 5.80. The van der Waals surface area contributed by atoms with Gasteiger partial charge in [0.1, 0.15) is 12.7 Å². The number of morpholine rings is 1. The molecule has 2 atom stereocenters. The van der Waals surface area contributed by atoms with Gasteiger partial charge in [-0.05, 0) is 30.4 Å². The quantitative estimate of drug-likeness (QED) is 0.870. The maximum Gasteiger partial charge on any atom is 0.246 e. The summed E-state index contributed by atoms with van der Waals surface area (Å²) in [7, 11) is 0. The van der Waals surface area contributed by atoms with Crippen LogP contribution in [0.25, 0.3) is 0 Å². The molecule has 2 aromatic carbocycles. The van der Waals surface area contributed by atoms with Crippen LogP contribution in [0.15, 0.2) is 60.7 Å². The summed E-state index contributed by atoms with van der Waals surface area (Å²) in [4.78, 5) is 26.7. The van der Waals surface area contributed by atoms with Crippen LogP contribution in [-0.2, 0) is 26.3 Å². The number of amides is 2. The van der Waals surface area contributed by atoms with Crippen molar-refractivity contribution >= 4 is 11.8 Å². The first-order valence-electron chi connectivity index (χ1n) is 9.97. The Labute approximate surface area is 165 Å². The second kappa shape index (κ2) is 8.15. The van der Waals surface area contributed by atoms with Gasteiger partial charge in [-0.15, -0.1) is 0 Å².